The maximum absolute atomic E-state index is 11.7. The molecule has 25 heavy (non-hydrogen) atoms. The molecule has 1 unspecified atom stereocenters. The van der Waals surface area contributed by atoms with Gasteiger partial charge in [-0.15, -0.1) is 0 Å². The lowest BCUT2D eigenvalue weighted by Crippen LogP contribution is -2.46. The van der Waals surface area contributed by atoms with E-state index in [0.717, 1.165) is 0 Å². The summed E-state index contributed by atoms with van der Waals surface area (Å²) in [6, 6.07) is -0.694. The molecule has 0 saturated heterocycles. The zero-order chi connectivity index (χ0) is 18.3. The Kier molecular flexibility index (Phi) is 11.8. The second kappa shape index (κ2) is 13.7. The van der Waals surface area contributed by atoms with E-state index in [-0.39, 0.29) is 0 Å². The molecule has 9 heteroatoms. The summed E-state index contributed by atoms with van der Waals surface area (Å²) >= 11 is 0. The van der Waals surface area contributed by atoms with Crippen LogP contribution in [-0.4, -0.2) is 98.9 Å². The van der Waals surface area contributed by atoms with Crippen LogP contribution in [0.2, 0.25) is 0 Å². The van der Waals surface area contributed by atoms with Crippen LogP contribution in [0.25, 0.3) is 0 Å². The van der Waals surface area contributed by atoms with Gasteiger partial charge in [-0.3, -0.25) is 9.69 Å². The van der Waals surface area contributed by atoms with Gasteiger partial charge in [0.25, 0.3) is 0 Å². The van der Waals surface area contributed by atoms with Crippen molar-refractivity contribution in [3.8, 4) is 0 Å². The van der Waals surface area contributed by atoms with Crippen molar-refractivity contribution in [2.75, 3.05) is 67.0 Å². The number of imidazole rings is 1. The predicted molar refractivity (Wildman–Crippen MR) is 90.7 cm³/mol. The van der Waals surface area contributed by atoms with Crippen LogP contribution in [0, 0.1) is 0 Å². The summed E-state index contributed by atoms with van der Waals surface area (Å²) in [7, 11) is 3.22. The molecular weight excluding hydrogens is 330 g/mol. The standard InChI is InChI=1S/C16H29N3O6/c1-22-7-9-24-5-3-19(4-6-25-10-8-23-2)15(16(20)21)11-14-12-17-13-18-14/h12-13,15H,3-11H2,1-2H3,(H,17,18)(H,20,21). The minimum Gasteiger partial charge on any atom is -0.480 e. The number of hydrogen-bond donors (Lipinski definition) is 2. The zero-order valence-electron chi connectivity index (χ0n) is 15.0. The third-order valence-corrected chi connectivity index (χ3v) is 3.59. The molecule has 1 rings (SSSR count). The van der Waals surface area contributed by atoms with Crippen molar-refractivity contribution in [1.29, 1.82) is 0 Å². The Bertz CT molecular complexity index is 429. The van der Waals surface area contributed by atoms with Crippen molar-refractivity contribution in [3.05, 3.63) is 18.2 Å². The monoisotopic (exact) mass is 359 g/mol. The molecule has 0 spiro atoms. The van der Waals surface area contributed by atoms with Crippen LogP contribution in [0.15, 0.2) is 12.5 Å². The molecule has 0 fully saturated rings. The highest BCUT2D eigenvalue weighted by atomic mass is 16.5. The summed E-state index contributed by atoms with van der Waals surface area (Å²) in [4.78, 5) is 20.5. The van der Waals surface area contributed by atoms with E-state index in [1.165, 1.54) is 0 Å². The summed E-state index contributed by atoms with van der Waals surface area (Å²) in [5, 5.41) is 9.62. The molecule has 0 aromatic carbocycles. The second-order valence-electron chi connectivity index (χ2n) is 5.37. The Morgan fingerprint density at radius 3 is 2.16 bits per heavy atom. The zero-order valence-corrected chi connectivity index (χ0v) is 15.0. The lowest BCUT2D eigenvalue weighted by molar-refractivity contribution is -0.144. The minimum absolute atomic E-state index is 0.314. The van der Waals surface area contributed by atoms with E-state index in [0.29, 0.717) is 64.8 Å². The average molecular weight is 359 g/mol. The van der Waals surface area contributed by atoms with Crippen molar-refractivity contribution in [3.63, 3.8) is 0 Å². The third-order valence-electron chi connectivity index (χ3n) is 3.59. The number of aliphatic carboxylic acids is 1. The van der Waals surface area contributed by atoms with Crippen molar-refractivity contribution in [2.45, 2.75) is 12.5 Å². The van der Waals surface area contributed by atoms with Crippen LogP contribution < -0.4 is 0 Å². The van der Waals surface area contributed by atoms with Crippen LogP contribution in [0.4, 0.5) is 0 Å². The molecule has 0 bridgehead atoms. The van der Waals surface area contributed by atoms with Crippen LogP contribution >= 0.6 is 0 Å². The van der Waals surface area contributed by atoms with Crippen LogP contribution in [0.5, 0.6) is 0 Å². The summed E-state index contributed by atoms with van der Waals surface area (Å²) in [6.07, 6.45) is 3.56. The normalized spacial score (nSPS) is 12.6. The Morgan fingerprint density at radius 1 is 1.12 bits per heavy atom. The fourth-order valence-corrected chi connectivity index (χ4v) is 2.25. The number of aromatic amines is 1. The van der Waals surface area contributed by atoms with E-state index in [9.17, 15) is 9.90 Å². The number of carboxylic acid groups (broad SMARTS) is 1. The number of methoxy groups -OCH3 is 2. The molecule has 0 aliphatic heterocycles. The SMILES string of the molecule is COCCOCCN(CCOCCOC)C(Cc1c[nH]cn1)C(=O)O. The van der Waals surface area contributed by atoms with Crippen molar-refractivity contribution < 1.29 is 28.8 Å². The molecule has 1 aromatic heterocycles. The van der Waals surface area contributed by atoms with Gasteiger partial charge in [-0.2, -0.15) is 0 Å². The van der Waals surface area contributed by atoms with Crippen LogP contribution in [-0.2, 0) is 30.2 Å². The summed E-state index contributed by atoms with van der Waals surface area (Å²) in [5.74, 6) is -0.892. The van der Waals surface area contributed by atoms with Gasteiger partial charge in [0, 0.05) is 39.9 Å². The summed E-state index contributed by atoms with van der Waals surface area (Å²) < 4.78 is 20.8. The van der Waals surface area contributed by atoms with Gasteiger partial charge in [0.05, 0.1) is 51.7 Å². The first-order chi connectivity index (χ1) is 12.2. The first-order valence-corrected chi connectivity index (χ1v) is 8.27. The van der Waals surface area contributed by atoms with Gasteiger partial charge in [-0.1, -0.05) is 0 Å². The van der Waals surface area contributed by atoms with E-state index in [1.54, 1.807) is 26.7 Å². The number of nitrogens with zero attached hydrogens (tertiary/aromatic N) is 2. The van der Waals surface area contributed by atoms with Gasteiger partial charge in [-0.25, -0.2) is 4.98 Å². The molecule has 1 atom stereocenters. The fourth-order valence-electron chi connectivity index (χ4n) is 2.25. The number of rotatable bonds is 16. The molecule has 0 aliphatic rings. The van der Waals surface area contributed by atoms with Gasteiger partial charge < -0.3 is 29.0 Å². The predicted octanol–water partition coefficient (Wildman–Crippen LogP) is 0.0334. The van der Waals surface area contributed by atoms with Gasteiger partial charge in [0.15, 0.2) is 0 Å². The average Bonchev–Trinajstić information content (AvgIpc) is 3.11. The van der Waals surface area contributed by atoms with Gasteiger partial charge in [0.2, 0.25) is 0 Å². The smallest absolute Gasteiger partial charge is 0.321 e. The van der Waals surface area contributed by atoms with Gasteiger partial charge >= 0.3 is 5.97 Å². The van der Waals surface area contributed by atoms with E-state index in [4.69, 9.17) is 18.9 Å². The van der Waals surface area contributed by atoms with E-state index >= 15 is 0 Å². The molecule has 1 heterocycles. The Morgan fingerprint density at radius 2 is 1.72 bits per heavy atom. The summed E-state index contributed by atoms with van der Waals surface area (Å²) in [6.45, 7) is 3.79. The number of hydrogen-bond acceptors (Lipinski definition) is 7. The van der Waals surface area contributed by atoms with Crippen molar-refractivity contribution >= 4 is 5.97 Å². The number of aromatic nitrogens is 2. The lowest BCUT2D eigenvalue weighted by atomic mass is 10.1. The molecule has 1 aromatic rings. The molecule has 9 nitrogen and oxygen atoms in total. The molecule has 144 valence electrons. The maximum atomic E-state index is 11.7. The number of H-pyrrole nitrogens is 1. The Hall–Kier alpha value is -1.52. The Labute approximate surface area is 148 Å². The van der Waals surface area contributed by atoms with Crippen molar-refractivity contribution in [1.82, 2.24) is 14.9 Å². The van der Waals surface area contributed by atoms with Gasteiger partial charge in [-0.05, 0) is 0 Å². The largest absolute Gasteiger partial charge is 0.480 e. The molecule has 2 N–H and O–H groups in total. The molecule has 0 radical (unpaired) electrons. The highest BCUT2D eigenvalue weighted by molar-refractivity contribution is 5.73. The first-order valence-electron chi connectivity index (χ1n) is 8.27. The van der Waals surface area contributed by atoms with Crippen LogP contribution in [0.1, 0.15) is 5.69 Å². The number of ether oxygens (including phenoxy) is 4. The molecule has 0 saturated carbocycles. The number of carbonyl (C=O) groups is 1. The fraction of sp³-hybridized carbons (Fsp3) is 0.750. The van der Waals surface area contributed by atoms with E-state index in [2.05, 4.69) is 9.97 Å². The third kappa shape index (κ3) is 9.51. The topological polar surface area (TPSA) is 106 Å². The lowest BCUT2D eigenvalue weighted by Gasteiger charge is -2.28. The quantitative estimate of drug-likeness (QED) is 0.398. The minimum atomic E-state index is -0.892. The Balaban J connectivity index is 2.55. The molecule has 0 aliphatic carbocycles. The maximum Gasteiger partial charge on any atom is 0.321 e. The van der Waals surface area contributed by atoms with Crippen LogP contribution in [0.3, 0.4) is 0 Å². The molecular formula is C16H29N3O6. The highest BCUT2D eigenvalue weighted by Gasteiger charge is 2.26. The highest BCUT2D eigenvalue weighted by Crippen LogP contribution is 2.08. The second-order valence-corrected chi connectivity index (χ2v) is 5.37. The number of nitrogens with one attached hydrogen (secondary N) is 1. The first kappa shape index (κ1) is 21.5. The number of carboxylic acids is 1. The van der Waals surface area contributed by atoms with E-state index in [1.807, 2.05) is 4.90 Å². The van der Waals surface area contributed by atoms with Gasteiger partial charge in [0.1, 0.15) is 6.04 Å². The molecule has 0 amide bonds. The van der Waals surface area contributed by atoms with Crippen molar-refractivity contribution in [2.24, 2.45) is 0 Å². The summed E-state index contributed by atoms with van der Waals surface area (Å²) in [5.41, 5.74) is 0.706. The van der Waals surface area contributed by atoms with E-state index < -0.39 is 12.0 Å².